The van der Waals surface area contributed by atoms with E-state index in [-0.39, 0.29) is 19.3 Å². The fourth-order valence-corrected chi connectivity index (χ4v) is 1.09. The van der Waals surface area contributed by atoms with Crippen LogP contribution in [-0.2, 0) is 4.79 Å². The molecule has 3 nitrogen and oxygen atoms in total. The molecule has 1 aliphatic rings. The van der Waals surface area contributed by atoms with Gasteiger partial charge in [-0.2, -0.15) is 0 Å². The Bertz CT molecular complexity index is 196. The lowest BCUT2D eigenvalue weighted by Gasteiger charge is -2.04. The molecule has 0 heterocycles. The Balaban J connectivity index is 2.15. The number of hydrogen-bond acceptors (Lipinski definition) is 2. The highest BCUT2D eigenvalue weighted by Crippen LogP contribution is 2.51. The van der Waals surface area contributed by atoms with Crippen molar-refractivity contribution in [1.29, 1.82) is 0 Å². The first-order chi connectivity index (χ1) is 5.43. The van der Waals surface area contributed by atoms with Gasteiger partial charge < -0.3 is 10.8 Å². The molecule has 1 saturated carbocycles. The van der Waals surface area contributed by atoms with Crippen LogP contribution in [0.25, 0.3) is 0 Å². The van der Waals surface area contributed by atoms with Crippen LogP contribution in [0, 0.1) is 5.92 Å². The maximum Gasteiger partial charge on any atom is 0.320 e. The summed E-state index contributed by atoms with van der Waals surface area (Å²) in [5.74, 6) is -4.32. The average Bonchev–Trinajstić information content (AvgIpc) is 2.54. The number of carbonyl (C=O) groups is 1. The number of nitrogens with two attached hydrogens (primary N) is 1. The van der Waals surface area contributed by atoms with Crippen LogP contribution in [0.2, 0.25) is 0 Å². The van der Waals surface area contributed by atoms with Gasteiger partial charge in [-0.25, -0.2) is 8.78 Å². The molecule has 0 bridgehead atoms. The van der Waals surface area contributed by atoms with Crippen molar-refractivity contribution < 1.29 is 18.7 Å². The molecule has 0 radical (unpaired) electrons. The number of carboxylic acids is 1. The molecule has 0 saturated heterocycles. The third-order valence-corrected chi connectivity index (χ3v) is 2.10. The Morgan fingerprint density at radius 1 is 1.75 bits per heavy atom. The van der Waals surface area contributed by atoms with Crippen molar-refractivity contribution in [2.75, 3.05) is 0 Å². The fraction of sp³-hybridized carbons (Fsp3) is 0.857. The van der Waals surface area contributed by atoms with Crippen LogP contribution < -0.4 is 5.73 Å². The Morgan fingerprint density at radius 2 is 2.25 bits per heavy atom. The summed E-state index contributed by atoms with van der Waals surface area (Å²) in [6.07, 6.45) is 0.232. The summed E-state index contributed by atoms with van der Waals surface area (Å²) in [5.41, 5.74) is 5.14. The highest BCUT2D eigenvalue weighted by molar-refractivity contribution is 5.72. The summed E-state index contributed by atoms with van der Waals surface area (Å²) >= 11 is 0. The van der Waals surface area contributed by atoms with Gasteiger partial charge in [-0.1, -0.05) is 0 Å². The first kappa shape index (κ1) is 9.38. The lowest BCUT2D eigenvalue weighted by molar-refractivity contribution is -0.138. The van der Waals surface area contributed by atoms with Gasteiger partial charge in [0.05, 0.1) is 0 Å². The lowest BCUT2D eigenvalue weighted by atomic mass is 10.1. The first-order valence-electron chi connectivity index (χ1n) is 3.79. The highest BCUT2D eigenvalue weighted by Gasteiger charge is 2.56. The van der Waals surface area contributed by atoms with Crippen molar-refractivity contribution in [2.45, 2.75) is 31.2 Å². The predicted molar refractivity (Wildman–Crippen MR) is 37.9 cm³/mol. The molecule has 0 aromatic heterocycles. The van der Waals surface area contributed by atoms with Crippen molar-refractivity contribution in [3.8, 4) is 0 Å². The summed E-state index contributed by atoms with van der Waals surface area (Å²) in [5, 5.41) is 8.33. The molecule has 2 unspecified atom stereocenters. The second kappa shape index (κ2) is 2.97. The van der Waals surface area contributed by atoms with Crippen LogP contribution >= 0.6 is 0 Å². The van der Waals surface area contributed by atoms with Gasteiger partial charge in [-0.15, -0.1) is 0 Å². The Hall–Kier alpha value is -0.710. The SMILES string of the molecule is NC(CCC1CC1(F)F)C(=O)O. The molecule has 1 rings (SSSR count). The van der Waals surface area contributed by atoms with Crippen molar-refractivity contribution in [1.82, 2.24) is 0 Å². The van der Waals surface area contributed by atoms with E-state index in [1.807, 2.05) is 0 Å². The van der Waals surface area contributed by atoms with E-state index < -0.39 is 23.9 Å². The van der Waals surface area contributed by atoms with Crippen LogP contribution in [-0.4, -0.2) is 23.0 Å². The lowest BCUT2D eigenvalue weighted by Crippen LogP contribution is -2.30. The van der Waals surface area contributed by atoms with E-state index in [9.17, 15) is 13.6 Å². The third-order valence-electron chi connectivity index (χ3n) is 2.10. The van der Waals surface area contributed by atoms with E-state index in [1.54, 1.807) is 0 Å². The number of rotatable bonds is 4. The molecule has 12 heavy (non-hydrogen) atoms. The number of hydrogen-bond donors (Lipinski definition) is 2. The predicted octanol–water partition coefficient (Wildman–Crippen LogP) is 0.834. The van der Waals surface area contributed by atoms with E-state index in [2.05, 4.69) is 0 Å². The molecule has 0 spiro atoms. The molecule has 0 aromatic rings. The van der Waals surface area contributed by atoms with Crippen LogP contribution in [0.4, 0.5) is 8.78 Å². The minimum Gasteiger partial charge on any atom is -0.480 e. The number of carboxylic acid groups (broad SMARTS) is 1. The summed E-state index contributed by atoms with van der Waals surface area (Å²) in [6, 6.07) is -0.999. The monoisotopic (exact) mass is 179 g/mol. The van der Waals surface area contributed by atoms with Crippen molar-refractivity contribution in [3.63, 3.8) is 0 Å². The zero-order valence-electron chi connectivity index (χ0n) is 6.46. The smallest absolute Gasteiger partial charge is 0.320 e. The van der Waals surface area contributed by atoms with E-state index in [1.165, 1.54) is 0 Å². The van der Waals surface area contributed by atoms with Gasteiger partial charge in [-0.3, -0.25) is 4.79 Å². The second-order valence-electron chi connectivity index (χ2n) is 3.18. The van der Waals surface area contributed by atoms with Crippen LogP contribution in [0.5, 0.6) is 0 Å². The highest BCUT2D eigenvalue weighted by atomic mass is 19.3. The normalized spacial score (nSPS) is 28.1. The van der Waals surface area contributed by atoms with E-state index in [0.717, 1.165) is 0 Å². The van der Waals surface area contributed by atoms with Crippen molar-refractivity contribution in [2.24, 2.45) is 11.7 Å². The Labute approximate surface area is 68.5 Å². The minimum atomic E-state index is -2.56. The zero-order valence-corrected chi connectivity index (χ0v) is 6.46. The molecule has 0 aromatic carbocycles. The molecule has 2 atom stereocenters. The minimum absolute atomic E-state index is 0.112. The molecule has 0 aliphatic heterocycles. The number of aliphatic carboxylic acids is 1. The standard InChI is InChI=1S/C7H11F2NO2/c8-7(9)3-4(7)1-2-5(10)6(11)12/h4-5H,1-3,10H2,(H,11,12). The van der Waals surface area contributed by atoms with Gasteiger partial charge in [0.15, 0.2) is 0 Å². The van der Waals surface area contributed by atoms with Crippen LogP contribution in [0.1, 0.15) is 19.3 Å². The number of alkyl halides is 2. The summed E-state index contributed by atoms with van der Waals surface area (Å²) < 4.78 is 24.5. The largest absolute Gasteiger partial charge is 0.480 e. The molecule has 1 aliphatic carbocycles. The quantitative estimate of drug-likeness (QED) is 0.672. The summed E-state index contributed by atoms with van der Waals surface area (Å²) in [6.45, 7) is 0. The molecule has 1 fully saturated rings. The van der Waals surface area contributed by atoms with E-state index in [4.69, 9.17) is 10.8 Å². The second-order valence-corrected chi connectivity index (χ2v) is 3.18. The Kier molecular flexibility index (Phi) is 2.32. The van der Waals surface area contributed by atoms with Crippen LogP contribution in [0.15, 0.2) is 0 Å². The summed E-state index contributed by atoms with van der Waals surface area (Å²) in [4.78, 5) is 10.2. The average molecular weight is 179 g/mol. The molecule has 70 valence electrons. The van der Waals surface area contributed by atoms with Gasteiger partial charge in [0.2, 0.25) is 0 Å². The molecule has 0 amide bonds. The van der Waals surface area contributed by atoms with Crippen molar-refractivity contribution in [3.05, 3.63) is 0 Å². The number of halogens is 2. The van der Waals surface area contributed by atoms with Gasteiger partial charge >= 0.3 is 5.97 Å². The van der Waals surface area contributed by atoms with E-state index >= 15 is 0 Å². The molecule has 5 heteroatoms. The van der Waals surface area contributed by atoms with Gasteiger partial charge in [0.1, 0.15) is 6.04 Å². The first-order valence-corrected chi connectivity index (χ1v) is 3.79. The maximum atomic E-state index is 12.3. The van der Waals surface area contributed by atoms with E-state index in [0.29, 0.717) is 0 Å². The maximum absolute atomic E-state index is 12.3. The third kappa shape index (κ3) is 2.14. The topological polar surface area (TPSA) is 63.3 Å². The van der Waals surface area contributed by atoms with Crippen LogP contribution in [0.3, 0.4) is 0 Å². The zero-order chi connectivity index (χ0) is 9.35. The molecular formula is C7H11F2NO2. The molecular weight excluding hydrogens is 168 g/mol. The van der Waals surface area contributed by atoms with Gasteiger partial charge in [0.25, 0.3) is 5.92 Å². The van der Waals surface area contributed by atoms with Gasteiger partial charge in [-0.05, 0) is 12.8 Å². The summed E-state index contributed by atoms with van der Waals surface area (Å²) in [7, 11) is 0. The fourth-order valence-electron chi connectivity index (χ4n) is 1.09. The molecule has 3 N–H and O–H groups in total. The Morgan fingerprint density at radius 3 is 2.58 bits per heavy atom. The van der Waals surface area contributed by atoms with Crippen molar-refractivity contribution >= 4 is 5.97 Å². The van der Waals surface area contributed by atoms with Gasteiger partial charge in [0, 0.05) is 12.3 Å².